The Morgan fingerprint density at radius 1 is 0.679 bits per heavy atom. The van der Waals surface area contributed by atoms with Crippen LogP contribution in [-0.2, 0) is 0 Å². The molecule has 0 heterocycles. The molecule has 0 bridgehead atoms. The second-order valence-electron chi connectivity index (χ2n) is 6.86. The van der Waals surface area contributed by atoms with Crippen molar-refractivity contribution in [3.8, 4) is 22.3 Å². The minimum Gasteiger partial charge on any atom is -0.399 e. The van der Waals surface area contributed by atoms with Gasteiger partial charge in [0.05, 0.1) is 0 Å². The fourth-order valence-corrected chi connectivity index (χ4v) is 3.50. The molecule has 3 heteroatoms. The van der Waals surface area contributed by atoms with Crippen LogP contribution in [0.5, 0.6) is 0 Å². The summed E-state index contributed by atoms with van der Waals surface area (Å²) in [4.78, 5) is 0. The molecule has 0 saturated carbocycles. The summed E-state index contributed by atoms with van der Waals surface area (Å²) in [5.41, 5.74) is 14.5. The Labute approximate surface area is 170 Å². The smallest absolute Gasteiger partial charge is 0.0412 e. The van der Waals surface area contributed by atoms with Crippen LogP contribution in [0.2, 0.25) is 5.02 Å². The van der Waals surface area contributed by atoms with Crippen molar-refractivity contribution >= 4 is 28.7 Å². The van der Waals surface area contributed by atoms with E-state index in [1.54, 1.807) is 0 Å². The molecule has 4 rings (SSSR count). The van der Waals surface area contributed by atoms with Crippen LogP contribution < -0.4 is 11.1 Å². The highest BCUT2D eigenvalue weighted by Crippen LogP contribution is 2.29. The number of nitrogens with two attached hydrogens (primary N) is 1. The predicted molar refractivity (Wildman–Crippen MR) is 121 cm³/mol. The number of hydrogen-bond donors (Lipinski definition) is 2. The molecule has 0 spiro atoms. The number of rotatable bonds is 4. The Hall–Kier alpha value is -3.23. The molecule has 0 saturated heterocycles. The van der Waals surface area contributed by atoms with E-state index in [1.165, 1.54) is 16.7 Å². The number of hydrogen-bond acceptors (Lipinski definition) is 2. The van der Waals surface area contributed by atoms with Crippen molar-refractivity contribution in [2.45, 2.75) is 6.92 Å². The summed E-state index contributed by atoms with van der Waals surface area (Å²) < 4.78 is 0. The lowest BCUT2D eigenvalue weighted by Crippen LogP contribution is -1.92. The summed E-state index contributed by atoms with van der Waals surface area (Å²) >= 11 is 6.09. The SMILES string of the molecule is Cc1cc(Nc2ccc(-c3cccc(Cl)c3)cc2)ccc1-c1ccc(N)cc1. The largest absolute Gasteiger partial charge is 0.399 e. The summed E-state index contributed by atoms with van der Waals surface area (Å²) in [6.07, 6.45) is 0. The lowest BCUT2D eigenvalue weighted by molar-refractivity contribution is 1.44. The molecule has 0 atom stereocenters. The van der Waals surface area contributed by atoms with E-state index in [9.17, 15) is 0 Å². The van der Waals surface area contributed by atoms with E-state index >= 15 is 0 Å². The molecule has 2 nitrogen and oxygen atoms in total. The van der Waals surface area contributed by atoms with Gasteiger partial charge in [-0.15, -0.1) is 0 Å². The molecule has 0 radical (unpaired) electrons. The van der Waals surface area contributed by atoms with Gasteiger partial charge in [0.25, 0.3) is 0 Å². The minimum atomic E-state index is 0.747. The fraction of sp³-hybridized carbons (Fsp3) is 0.0400. The molecule has 0 fully saturated rings. The van der Waals surface area contributed by atoms with E-state index in [0.29, 0.717) is 0 Å². The van der Waals surface area contributed by atoms with Crippen LogP contribution >= 0.6 is 11.6 Å². The van der Waals surface area contributed by atoms with Gasteiger partial charge in [-0.1, -0.05) is 54.1 Å². The third-order valence-corrected chi connectivity index (χ3v) is 5.01. The van der Waals surface area contributed by atoms with Crippen molar-refractivity contribution in [3.63, 3.8) is 0 Å². The first-order valence-corrected chi connectivity index (χ1v) is 9.56. The van der Waals surface area contributed by atoms with Gasteiger partial charge in [0.15, 0.2) is 0 Å². The molecule has 0 amide bonds. The van der Waals surface area contributed by atoms with Gasteiger partial charge >= 0.3 is 0 Å². The minimum absolute atomic E-state index is 0.747. The number of halogens is 1. The van der Waals surface area contributed by atoms with Crippen LogP contribution in [0.25, 0.3) is 22.3 Å². The molecule has 0 unspecified atom stereocenters. The zero-order valence-electron chi connectivity index (χ0n) is 15.6. The maximum Gasteiger partial charge on any atom is 0.0412 e. The summed E-state index contributed by atoms with van der Waals surface area (Å²) in [5, 5.41) is 4.22. The van der Waals surface area contributed by atoms with Crippen LogP contribution in [0.3, 0.4) is 0 Å². The summed E-state index contributed by atoms with van der Waals surface area (Å²) in [5.74, 6) is 0. The van der Waals surface area contributed by atoms with Gasteiger partial charge < -0.3 is 11.1 Å². The Morgan fingerprint density at radius 3 is 2.04 bits per heavy atom. The zero-order valence-corrected chi connectivity index (χ0v) is 16.4. The molecule has 0 aliphatic rings. The molecular formula is C25H21ClN2. The highest BCUT2D eigenvalue weighted by atomic mass is 35.5. The Bertz CT molecular complexity index is 1100. The molecule has 3 N–H and O–H groups in total. The first-order valence-electron chi connectivity index (χ1n) is 9.18. The number of nitrogens with one attached hydrogen (secondary N) is 1. The van der Waals surface area contributed by atoms with Crippen LogP contribution in [0.1, 0.15) is 5.56 Å². The van der Waals surface area contributed by atoms with Crippen molar-refractivity contribution in [2.75, 3.05) is 11.1 Å². The average Bonchev–Trinajstić information content (AvgIpc) is 2.70. The highest BCUT2D eigenvalue weighted by molar-refractivity contribution is 6.30. The van der Waals surface area contributed by atoms with E-state index in [1.807, 2.05) is 30.3 Å². The van der Waals surface area contributed by atoms with Gasteiger partial charge in [-0.25, -0.2) is 0 Å². The summed E-state index contributed by atoms with van der Waals surface area (Å²) in [6.45, 7) is 2.12. The van der Waals surface area contributed by atoms with Gasteiger partial charge in [0, 0.05) is 22.1 Å². The second kappa shape index (κ2) is 7.79. The topological polar surface area (TPSA) is 38.0 Å². The van der Waals surface area contributed by atoms with Crippen LogP contribution in [-0.4, -0.2) is 0 Å². The second-order valence-corrected chi connectivity index (χ2v) is 7.30. The van der Waals surface area contributed by atoms with Crippen molar-refractivity contribution in [1.82, 2.24) is 0 Å². The van der Waals surface area contributed by atoms with E-state index in [0.717, 1.165) is 33.2 Å². The predicted octanol–water partition coefficient (Wildman–Crippen LogP) is 7.31. The molecule has 28 heavy (non-hydrogen) atoms. The third-order valence-electron chi connectivity index (χ3n) is 4.78. The maximum atomic E-state index is 6.09. The number of anilines is 3. The average molecular weight is 385 g/mol. The number of benzene rings is 4. The number of nitrogen functional groups attached to an aromatic ring is 1. The zero-order chi connectivity index (χ0) is 19.5. The lowest BCUT2D eigenvalue weighted by Gasteiger charge is -2.12. The van der Waals surface area contributed by atoms with Gasteiger partial charge in [-0.3, -0.25) is 0 Å². The van der Waals surface area contributed by atoms with Crippen LogP contribution in [0.15, 0.2) is 91.0 Å². The van der Waals surface area contributed by atoms with Crippen molar-refractivity contribution in [2.24, 2.45) is 0 Å². The monoisotopic (exact) mass is 384 g/mol. The molecule has 138 valence electrons. The summed E-state index contributed by atoms with van der Waals surface area (Å²) in [6, 6.07) is 30.6. The highest BCUT2D eigenvalue weighted by Gasteiger charge is 2.04. The van der Waals surface area contributed by atoms with E-state index in [-0.39, 0.29) is 0 Å². The Kier molecular flexibility index (Phi) is 5.05. The van der Waals surface area contributed by atoms with Crippen molar-refractivity contribution in [1.29, 1.82) is 0 Å². The van der Waals surface area contributed by atoms with Gasteiger partial charge in [-0.2, -0.15) is 0 Å². The van der Waals surface area contributed by atoms with E-state index in [2.05, 4.69) is 72.9 Å². The lowest BCUT2D eigenvalue weighted by atomic mass is 9.99. The number of aryl methyl sites for hydroxylation is 1. The molecule has 0 aliphatic heterocycles. The first kappa shape index (κ1) is 18.1. The Morgan fingerprint density at radius 2 is 1.36 bits per heavy atom. The maximum absolute atomic E-state index is 6.09. The van der Waals surface area contributed by atoms with Crippen molar-refractivity contribution in [3.05, 3.63) is 102 Å². The molecule has 4 aromatic carbocycles. The third kappa shape index (κ3) is 4.03. The summed E-state index contributed by atoms with van der Waals surface area (Å²) in [7, 11) is 0. The van der Waals surface area contributed by atoms with E-state index in [4.69, 9.17) is 17.3 Å². The Balaban J connectivity index is 1.53. The van der Waals surface area contributed by atoms with Gasteiger partial charge in [0.2, 0.25) is 0 Å². The molecule has 0 aromatic heterocycles. The molecular weight excluding hydrogens is 364 g/mol. The van der Waals surface area contributed by atoms with Crippen LogP contribution in [0.4, 0.5) is 17.1 Å². The van der Waals surface area contributed by atoms with Crippen LogP contribution in [0, 0.1) is 6.92 Å². The molecule has 0 aliphatic carbocycles. The standard InChI is InChI=1S/C25H21ClN2/c1-17-15-24(13-14-25(17)19-5-9-22(27)10-6-19)28-23-11-7-18(8-12-23)20-3-2-4-21(26)16-20/h2-16,28H,27H2,1H3. The van der Waals surface area contributed by atoms with Gasteiger partial charge in [0.1, 0.15) is 0 Å². The normalized spacial score (nSPS) is 10.6. The quantitative estimate of drug-likeness (QED) is 0.362. The molecule has 4 aromatic rings. The first-order chi connectivity index (χ1) is 13.6. The fourth-order valence-electron chi connectivity index (χ4n) is 3.31. The van der Waals surface area contributed by atoms with E-state index < -0.39 is 0 Å². The van der Waals surface area contributed by atoms with Gasteiger partial charge in [-0.05, 0) is 83.3 Å². The van der Waals surface area contributed by atoms with Crippen molar-refractivity contribution < 1.29 is 0 Å².